The van der Waals surface area contributed by atoms with Crippen LogP contribution < -0.4 is 14.8 Å². The van der Waals surface area contributed by atoms with Crippen molar-refractivity contribution in [3.8, 4) is 11.5 Å². The molecule has 1 rings (SSSR count). The fourth-order valence-electron chi connectivity index (χ4n) is 1.96. The largest absolute Gasteiger partial charge is 0.497 e. The smallest absolute Gasteiger partial charge is 0.224 e. The van der Waals surface area contributed by atoms with Crippen molar-refractivity contribution in [3.05, 3.63) is 18.2 Å². The van der Waals surface area contributed by atoms with Crippen LogP contribution in [0.2, 0.25) is 0 Å². The lowest BCUT2D eigenvalue weighted by molar-refractivity contribution is -0.129. The lowest BCUT2D eigenvalue weighted by Gasteiger charge is -2.17. The molecule has 0 aliphatic carbocycles. The van der Waals surface area contributed by atoms with E-state index in [-0.39, 0.29) is 5.91 Å². The monoisotopic (exact) mass is 294 g/mol. The highest BCUT2D eigenvalue weighted by Gasteiger charge is 2.09. The standard InChI is InChI=1S/C16H26N2O3/c1-5-6-11-18(2)16(19)9-10-17-14-8-7-13(20-3)12-15(14)21-4/h7-8,12,17H,5-6,9-11H2,1-4H3. The summed E-state index contributed by atoms with van der Waals surface area (Å²) < 4.78 is 10.5. The van der Waals surface area contributed by atoms with E-state index in [9.17, 15) is 4.79 Å². The number of methoxy groups -OCH3 is 2. The van der Waals surface area contributed by atoms with E-state index in [1.807, 2.05) is 25.2 Å². The third-order valence-electron chi connectivity index (χ3n) is 3.34. The maximum atomic E-state index is 11.9. The van der Waals surface area contributed by atoms with Crippen LogP contribution in [-0.4, -0.2) is 45.2 Å². The number of ether oxygens (including phenoxy) is 2. The van der Waals surface area contributed by atoms with Gasteiger partial charge in [0.25, 0.3) is 0 Å². The third kappa shape index (κ3) is 5.53. The van der Waals surface area contributed by atoms with Gasteiger partial charge in [0.15, 0.2) is 0 Å². The van der Waals surface area contributed by atoms with Gasteiger partial charge in [0.2, 0.25) is 5.91 Å². The Balaban J connectivity index is 2.46. The quantitative estimate of drug-likeness (QED) is 0.761. The van der Waals surface area contributed by atoms with Gasteiger partial charge in [-0.1, -0.05) is 13.3 Å². The van der Waals surface area contributed by atoms with Crippen LogP contribution in [0.4, 0.5) is 5.69 Å². The number of carbonyl (C=O) groups excluding carboxylic acids is 1. The molecular formula is C16H26N2O3. The summed E-state index contributed by atoms with van der Waals surface area (Å²) in [6, 6.07) is 5.57. The Labute approximate surface area is 127 Å². The number of benzene rings is 1. The summed E-state index contributed by atoms with van der Waals surface area (Å²) >= 11 is 0. The molecule has 118 valence electrons. The van der Waals surface area contributed by atoms with Crippen molar-refractivity contribution in [1.82, 2.24) is 4.90 Å². The molecule has 1 amide bonds. The van der Waals surface area contributed by atoms with Crippen LogP contribution >= 0.6 is 0 Å². The molecule has 0 bridgehead atoms. The Morgan fingerprint density at radius 3 is 2.67 bits per heavy atom. The van der Waals surface area contributed by atoms with E-state index in [0.717, 1.165) is 30.8 Å². The highest BCUT2D eigenvalue weighted by atomic mass is 16.5. The molecule has 21 heavy (non-hydrogen) atoms. The van der Waals surface area contributed by atoms with Crippen LogP contribution in [0.15, 0.2) is 18.2 Å². The summed E-state index contributed by atoms with van der Waals surface area (Å²) in [5, 5.41) is 3.23. The van der Waals surface area contributed by atoms with Crippen molar-refractivity contribution < 1.29 is 14.3 Å². The van der Waals surface area contributed by atoms with Crippen molar-refractivity contribution in [3.63, 3.8) is 0 Å². The van der Waals surface area contributed by atoms with E-state index in [1.54, 1.807) is 19.1 Å². The predicted molar refractivity (Wildman–Crippen MR) is 85.2 cm³/mol. The van der Waals surface area contributed by atoms with Crippen LogP contribution in [0.1, 0.15) is 26.2 Å². The zero-order chi connectivity index (χ0) is 15.7. The average Bonchev–Trinajstić information content (AvgIpc) is 2.52. The number of nitrogens with one attached hydrogen (secondary N) is 1. The normalized spacial score (nSPS) is 10.1. The van der Waals surface area contributed by atoms with E-state index >= 15 is 0 Å². The van der Waals surface area contributed by atoms with Gasteiger partial charge < -0.3 is 19.7 Å². The summed E-state index contributed by atoms with van der Waals surface area (Å²) in [6.45, 7) is 3.52. The lowest BCUT2D eigenvalue weighted by Crippen LogP contribution is -2.29. The zero-order valence-electron chi connectivity index (χ0n) is 13.4. The third-order valence-corrected chi connectivity index (χ3v) is 3.34. The topological polar surface area (TPSA) is 50.8 Å². The SMILES string of the molecule is CCCCN(C)C(=O)CCNc1ccc(OC)cc1OC. The van der Waals surface area contributed by atoms with Crippen LogP contribution in [-0.2, 0) is 4.79 Å². The van der Waals surface area contributed by atoms with Gasteiger partial charge in [-0.05, 0) is 18.6 Å². The molecule has 0 saturated heterocycles. The number of hydrogen-bond donors (Lipinski definition) is 1. The predicted octanol–water partition coefficient (Wildman–Crippen LogP) is 2.76. The summed E-state index contributed by atoms with van der Waals surface area (Å²) in [7, 11) is 5.09. The van der Waals surface area contributed by atoms with Gasteiger partial charge in [-0.15, -0.1) is 0 Å². The van der Waals surface area contributed by atoms with Crippen molar-refractivity contribution in [2.45, 2.75) is 26.2 Å². The molecular weight excluding hydrogens is 268 g/mol. The molecule has 0 heterocycles. The molecule has 0 fully saturated rings. The molecule has 5 nitrogen and oxygen atoms in total. The first kappa shape index (κ1) is 17.1. The number of amides is 1. The second kappa shape index (κ2) is 9.10. The molecule has 1 N–H and O–H groups in total. The fraction of sp³-hybridized carbons (Fsp3) is 0.562. The highest BCUT2D eigenvalue weighted by molar-refractivity contribution is 5.76. The molecule has 0 spiro atoms. The second-order valence-corrected chi connectivity index (χ2v) is 4.91. The van der Waals surface area contributed by atoms with Crippen LogP contribution in [0.5, 0.6) is 11.5 Å². The van der Waals surface area contributed by atoms with Gasteiger partial charge in [0.05, 0.1) is 19.9 Å². The molecule has 0 aliphatic heterocycles. The Kier molecular flexibility index (Phi) is 7.43. The minimum atomic E-state index is 0.156. The van der Waals surface area contributed by atoms with Crippen LogP contribution in [0.3, 0.4) is 0 Å². The number of rotatable bonds is 9. The summed E-state index contributed by atoms with van der Waals surface area (Å²) in [5.74, 6) is 1.61. The average molecular weight is 294 g/mol. The molecule has 5 heteroatoms. The van der Waals surface area contributed by atoms with Gasteiger partial charge in [-0.25, -0.2) is 0 Å². The minimum Gasteiger partial charge on any atom is -0.497 e. The summed E-state index contributed by atoms with van der Waals surface area (Å²) in [5.41, 5.74) is 0.863. The minimum absolute atomic E-state index is 0.156. The summed E-state index contributed by atoms with van der Waals surface area (Å²) in [6.07, 6.45) is 2.61. The van der Waals surface area contributed by atoms with Crippen molar-refractivity contribution in [2.24, 2.45) is 0 Å². The van der Waals surface area contributed by atoms with E-state index in [0.29, 0.717) is 18.7 Å². The van der Waals surface area contributed by atoms with Gasteiger partial charge in [-0.2, -0.15) is 0 Å². The fourth-order valence-corrected chi connectivity index (χ4v) is 1.96. The number of nitrogens with zero attached hydrogens (tertiary/aromatic N) is 1. The van der Waals surface area contributed by atoms with Gasteiger partial charge in [0, 0.05) is 32.6 Å². The maximum Gasteiger partial charge on any atom is 0.224 e. The Hall–Kier alpha value is -1.91. The molecule has 0 aliphatic rings. The van der Waals surface area contributed by atoms with Crippen LogP contribution in [0, 0.1) is 0 Å². The molecule has 1 aromatic carbocycles. The van der Waals surface area contributed by atoms with Crippen LogP contribution in [0.25, 0.3) is 0 Å². The number of carbonyl (C=O) groups is 1. The highest BCUT2D eigenvalue weighted by Crippen LogP contribution is 2.28. The molecule has 0 saturated carbocycles. The molecule has 0 unspecified atom stereocenters. The summed E-state index contributed by atoms with van der Waals surface area (Å²) in [4.78, 5) is 13.7. The van der Waals surface area contributed by atoms with Gasteiger partial charge in [0.1, 0.15) is 11.5 Å². The Morgan fingerprint density at radius 2 is 2.05 bits per heavy atom. The van der Waals surface area contributed by atoms with E-state index in [4.69, 9.17) is 9.47 Å². The van der Waals surface area contributed by atoms with Gasteiger partial charge >= 0.3 is 0 Å². The Morgan fingerprint density at radius 1 is 1.29 bits per heavy atom. The molecule has 1 aromatic rings. The number of hydrogen-bond acceptors (Lipinski definition) is 4. The number of anilines is 1. The molecule has 0 atom stereocenters. The zero-order valence-corrected chi connectivity index (χ0v) is 13.4. The Bertz CT molecular complexity index is 449. The van der Waals surface area contributed by atoms with Crippen molar-refractivity contribution in [2.75, 3.05) is 39.7 Å². The number of unbranched alkanes of at least 4 members (excludes halogenated alkanes) is 1. The van der Waals surface area contributed by atoms with E-state index in [2.05, 4.69) is 12.2 Å². The first-order valence-electron chi connectivity index (χ1n) is 7.32. The van der Waals surface area contributed by atoms with Crippen molar-refractivity contribution >= 4 is 11.6 Å². The lowest BCUT2D eigenvalue weighted by atomic mass is 10.2. The van der Waals surface area contributed by atoms with E-state index < -0.39 is 0 Å². The maximum absolute atomic E-state index is 11.9. The molecule has 0 radical (unpaired) electrons. The molecule has 0 aromatic heterocycles. The second-order valence-electron chi connectivity index (χ2n) is 4.91. The first-order chi connectivity index (χ1) is 10.1. The van der Waals surface area contributed by atoms with Gasteiger partial charge in [-0.3, -0.25) is 4.79 Å². The first-order valence-corrected chi connectivity index (χ1v) is 7.32. The van der Waals surface area contributed by atoms with Crippen molar-refractivity contribution in [1.29, 1.82) is 0 Å². The van der Waals surface area contributed by atoms with E-state index in [1.165, 1.54) is 0 Å².